The molecule has 3 N–H and O–H groups in total. The van der Waals surface area contributed by atoms with E-state index in [1.54, 1.807) is 12.1 Å². The lowest BCUT2D eigenvalue weighted by Crippen LogP contribution is -2.52. The minimum Gasteiger partial charge on any atom is -0.329 e. The fraction of sp³-hybridized carbons (Fsp3) is 0.571. The number of hydrogen-bond acceptors (Lipinski definition) is 3. The topological polar surface area (TPSA) is 72.2 Å². The average Bonchev–Trinajstić information content (AvgIpc) is 2.39. The van der Waals surface area contributed by atoms with E-state index in [1.807, 2.05) is 33.8 Å². The van der Waals surface area contributed by atoms with Crippen molar-refractivity contribution in [3.63, 3.8) is 0 Å². The molecule has 0 spiro atoms. The quantitative estimate of drug-likeness (QED) is 0.846. The Kier molecular flexibility index (Phi) is 7.18. The van der Waals surface area contributed by atoms with Crippen molar-refractivity contribution < 1.29 is 8.42 Å². The minimum absolute atomic E-state index is 0. The van der Waals surface area contributed by atoms with E-state index in [2.05, 4.69) is 4.72 Å². The van der Waals surface area contributed by atoms with Gasteiger partial charge in [0, 0.05) is 12.1 Å². The lowest BCUT2D eigenvalue weighted by atomic mass is 9.95. The normalized spacial score (nSPS) is 12.1. The Morgan fingerprint density at radius 3 is 2.10 bits per heavy atom. The highest BCUT2D eigenvalue weighted by atomic mass is 35.5. The molecule has 6 heteroatoms. The van der Waals surface area contributed by atoms with Gasteiger partial charge in [0.25, 0.3) is 0 Å². The van der Waals surface area contributed by atoms with Crippen LogP contribution in [0.1, 0.15) is 37.8 Å². The van der Waals surface area contributed by atoms with E-state index < -0.39 is 15.6 Å². The van der Waals surface area contributed by atoms with Crippen molar-refractivity contribution >= 4 is 22.4 Å². The third-order valence-corrected chi connectivity index (χ3v) is 5.46. The van der Waals surface area contributed by atoms with Crippen molar-refractivity contribution in [2.24, 2.45) is 5.73 Å². The van der Waals surface area contributed by atoms with E-state index in [0.717, 1.165) is 11.1 Å². The highest BCUT2D eigenvalue weighted by molar-refractivity contribution is 7.89. The first-order chi connectivity index (χ1) is 8.80. The van der Waals surface area contributed by atoms with Crippen LogP contribution in [0.4, 0.5) is 0 Å². The summed E-state index contributed by atoms with van der Waals surface area (Å²) in [6.07, 6.45) is 1.34. The van der Waals surface area contributed by atoms with Crippen LogP contribution in [-0.2, 0) is 10.0 Å². The van der Waals surface area contributed by atoms with Crippen LogP contribution < -0.4 is 10.5 Å². The monoisotopic (exact) mass is 320 g/mol. The zero-order valence-electron chi connectivity index (χ0n) is 12.6. The van der Waals surface area contributed by atoms with Gasteiger partial charge in [0.2, 0.25) is 10.0 Å². The smallest absolute Gasteiger partial charge is 0.241 e. The van der Waals surface area contributed by atoms with Gasteiger partial charge in [-0.3, -0.25) is 0 Å². The molecule has 4 nitrogen and oxygen atoms in total. The standard InChI is InChI=1S/C14H24N2O2S.ClH/c1-5-14(6-2,10-15)16-19(17,18)13-8-7-11(3)12(4)9-13;/h7-9,16H,5-6,10,15H2,1-4H3;1H. The Hall–Kier alpha value is -0.620. The fourth-order valence-corrected chi connectivity index (χ4v) is 3.59. The summed E-state index contributed by atoms with van der Waals surface area (Å²) in [5, 5.41) is 0. The van der Waals surface area contributed by atoms with Gasteiger partial charge in [-0.25, -0.2) is 13.1 Å². The molecule has 0 heterocycles. The zero-order valence-corrected chi connectivity index (χ0v) is 14.2. The molecule has 0 fully saturated rings. The summed E-state index contributed by atoms with van der Waals surface area (Å²) in [6.45, 7) is 8.05. The number of aryl methyl sites for hydroxylation is 2. The van der Waals surface area contributed by atoms with Crippen LogP contribution in [0.2, 0.25) is 0 Å². The SMILES string of the molecule is CCC(CC)(CN)NS(=O)(=O)c1ccc(C)c(C)c1.Cl. The van der Waals surface area contributed by atoms with E-state index in [0.29, 0.717) is 24.3 Å². The molecule has 0 atom stereocenters. The Morgan fingerprint density at radius 1 is 1.15 bits per heavy atom. The van der Waals surface area contributed by atoms with E-state index in [4.69, 9.17) is 5.73 Å². The second kappa shape index (κ2) is 7.41. The molecular formula is C14H25ClN2O2S. The van der Waals surface area contributed by atoms with Gasteiger partial charge >= 0.3 is 0 Å². The molecular weight excluding hydrogens is 296 g/mol. The number of halogens is 1. The first-order valence-corrected chi connectivity index (χ1v) is 8.10. The number of rotatable bonds is 6. The van der Waals surface area contributed by atoms with Crippen molar-refractivity contribution in [2.45, 2.75) is 51.0 Å². The number of benzene rings is 1. The average molecular weight is 321 g/mol. The predicted octanol–water partition coefficient (Wildman–Crippen LogP) is 2.52. The Balaban J connectivity index is 0.00000361. The molecule has 0 bridgehead atoms. The van der Waals surface area contributed by atoms with E-state index >= 15 is 0 Å². The first kappa shape index (κ1) is 19.4. The molecule has 0 amide bonds. The summed E-state index contributed by atoms with van der Waals surface area (Å²) in [4.78, 5) is 0.301. The summed E-state index contributed by atoms with van der Waals surface area (Å²) >= 11 is 0. The van der Waals surface area contributed by atoms with Crippen LogP contribution in [0.3, 0.4) is 0 Å². The Bertz CT molecular complexity index is 532. The first-order valence-electron chi connectivity index (χ1n) is 6.61. The molecule has 1 aromatic carbocycles. The molecule has 0 aliphatic carbocycles. The number of nitrogens with one attached hydrogen (secondary N) is 1. The molecule has 116 valence electrons. The van der Waals surface area contributed by atoms with E-state index in [9.17, 15) is 8.42 Å². The van der Waals surface area contributed by atoms with Crippen molar-refractivity contribution in [3.05, 3.63) is 29.3 Å². The molecule has 0 aliphatic rings. The fourth-order valence-electron chi connectivity index (χ4n) is 1.95. The highest BCUT2D eigenvalue weighted by Gasteiger charge is 2.30. The van der Waals surface area contributed by atoms with Gasteiger partial charge in [-0.15, -0.1) is 12.4 Å². The van der Waals surface area contributed by atoms with Crippen LogP contribution in [0.25, 0.3) is 0 Å². The van der Waals surface area contributed by atoms with Crippen LogP contribution in [0, 0.1) is 13.8 Å². The van der Waals surface area contributed by atoms with Gasteiger partial charge in [-0.2, -0.15) is 0 Å². The predicted molar refractivity (Wildman–Crippen MR) is 85.9 cm³/mol. The summed E-state index contributed by atoms with van der Waals surface area (Å²) in [5.41, 5.74) is 7.23. The third kappa shape index (κ3) is 4.19. The second-order valence-corrected chi connectivity index (χ2v) is 6.73. The summed E-state index contributed by atoms with van der Waals surface area (Å²) in [7, 11) is -3.52. The maximum Gasteiger partial charge on any atom is 0.241 e. The summed E-state index contributed by atoms with van der Waals surface area (Å²) in [6, 6.07) is 5.16. The lowest BCUT2D eigenvalue weighted by molar-refractivity contribution is 0.363. The Morgan fingerprint density at radius 2 is 1.70 bits per heavy atom. The van der Waals surface area contributed by atoms with Crippen LogP contribution in [0.15, 0.2) is 23.1 Å². The van der Waals surface area contributed by atoms with Gasteiger partial charge in [0.05, 0.1) is 4.90 Å². The second-order valence-electron chi connectivity index (χ2n) is 5.04. The molecule has 0 unspecified atom stereocenters. The van der Waals surface area contributed by atoms with E-state index in [-0.39, 0.29) is 12.4 Å². The molecule has 0 radical (unpaired) electrons. The zero-order chi connectivity index (χ0) is 14.7. The van der Waals surface area contributed by atoms with Crippen molar-refractivity contribution in [1.29, 1.82) is 0 Å². The van der Waals surface area contributed by atoms with Crippen molar-refractivity contribution in [2.75, 3.05) is 6.54 Å². The highest BCUT2D eigenvalue weighted by Crippen LogP contribution is 2.20. The van der Waals surface area contributed by atoms with Gasteiger partial charge in [-0.05, 0) is 49.9 Å². The number of hydrogen-bond donors (Lipinski definition) is 2. The lowest BCUT2D eigenvalue weighted by Gasteiger charge is -2.31. The minimum atomic E-state index is -3.52. The Labute approximate surface area is 128 Å². The molecule has 1 aromatic rings. The number of sulfonamides is 1. The van der Waals surface area contributed by atoms with Crippen LogP contribution >= 0.6 is 12.4 Å². The van der Waals surface area contributed by atoms with Gasteiger partial charge in [0.1, 0.15) is 0 Å². The molecule has 20 heavy (non-hydrogen) atoms. The molecule has 1 rings (SSSR count). The maximum atomic E-state index is 12.4. The van der Waals surface area contributed by atoms with Gasteiger partial charge in [-0.1, -0.05) is 19.9 Å². The molecule has 0 saturated carbocycles. The van der Waals surface area contributed by atoms with Gasteiger partial charge in [0.15, 0.2) is 0 Å². The van der Waals surface area contributed by atoms with Crippen LogP contribution in [-0.4, -0.2) is 20.5 Å². The third-order valence-electron chi connectivity index (χ3n) is 3.88. The van der Waals surface area contributed by atoms with E-state index in [1.165, 1.54) is 0 Å². The maximum absolute atomic E-state index is 12.4. The summed E-state index contributed by atoms with van der Waals surface area (Å²) in [5.74, 6) is 0. The largest absolute Gasteiger partial charge is 0.329 e. The summed E-state index contributed by atoms with van der Waals surface area (Å²) < 4.78 is 27.6. The molecule has 0 aliphatic heterocycles. The molecule has 0 aromatic heterocycles. The van der Waals surface area contributed by atoms with Crippen molar-refractivity contribution in [1.82, 2.24) is 4.72 Å². The van der Waals surface area contributed by atoms with Crippen LogP contribution in [0.5, 0.6) is 0 Å². The molecule has 0 saturated heterocycles. The van der Waals surface area contributed by atoms with Crippen molar-refractivity contribution in [3.8, 4) is 0 Å². The van der Waals surface area contributed by atoms with Gasteiger partial charge < -0.3 is 5.73 Å². The number of nitrogens with two attached hydrogens (primary N) is 1.